The van der Waals surface area contributed by atoms with Crippen molar-refractivity contribution in [3.8, 4) is 0 Å². The van der Waals surface area contributed by atoms with E-state index in [1.807, 2.05) is 0 Å². The zero-order valence-electron chi connectivity index (χ0n) is 7.92. The van der Waals surface area contributed by atoms with Crippen LogP contribution in [0.15, 0.2) is 0 Å². The molecule has 3 nitrogen and oxygen atoms in total. The summed E-state index contributed by atoms with van der Waals surface area (Å²) in [5.74, 6) is 0.569. The Morgan fingerprint density at radius 1 is 1.50 bits per heavy atom. The van der Waals surface area contributed by atoms with Crippen molar-refractivity contribution in [2.24, 2.45) is 5.92 Å². The summed E-state index contributed by atoms with van der Waals surface area (Å²) in [5.41, 5.74) is 0. The molecule has 0 spiro atoms. The van der Waals surface area contributed by atoms with Gasteiger partial charge in [0, 0.05) is 6.54 Å². The van der Waals surface area contributed by atoms with Crippen LogP contribution in [0.3, 0.4) is 0 Å². The molecule has 1 fully saturated rings. The molecule has 0 radical (unpaired) electrons. The van der Waals surface area contributed by atoms with Crippen molar-refractivity contribution in [2.45, 2.75) is 32.4 Å². The van der Waals surface area contributed by atoms with Gasteiger partial charge >= 0.3 is 0 Å². The predicted octanol–water partition coefficient (Wildman–Crippen LogP) is 0.382. The highest BCUT2D eigenvalue weighted by Gasteiger charge is 2.18. The van der Waals surface area contributed by atoms with Gasteiger partial charge in [0.2, 0.25) is 0 Å². The summed E-state index contributed by atoms with van der Waals surface area (Å²) < 4.78 is 5.00. The molecule has 1 heterocycles. The topological polar surface area (TPSA) is 41.5 Å². The summed E-state index contributed by atoms with van der Waals surface area (Å²) in [5, 5.41) is 12.7. The minimum absolute atomic E-state index is 0.203. The van der Waals surface area contributed by atoms with Gasteiger partial charge in [-0.1, -0.05) is 13.8 Å². The van der Waals surface area contributed by atoms with Crippen LogP contribution < -0.4 is 5.32 Å². The van der Waals surface area contributed by atoms with E-state index in [0.29, 0.717) is 18.5 Å². The van der Waals surface area contributed by atoms with Crippen LogP contribution in [0.5, 0.6) is 0 Å². The summed E-state index contributed by atoms with van der Waals surface area (Å²) in [6.45, 7) is 6.54. The van der Waals surface area contributed by atoms with Gasteiger partial charge in [-0.15, -0.1) is 0 Å². The lowest BCUT2D eigenvalue weighted by molar-refractivity contribution is -0.0105. The van der Waals surface area contributed by atoms with Crippen LogP contribution in [0.2, 0.25) is 0 Å². The Morgan fingerprint density at radius 3 is 2.58 bits per heavy atom. The molecule has 1 unspecified atom stereocenters. The molecule has 1 atom stereocenters. The highest BCUT2D eigenvalue weighted by Crippen LogP contribution is 2.05. The summed E-state index contributed by atoms with van der Waals surface area (Å²) in [6.07, 6.45) is 0.672. The van der Waals surface area contributed by atoms with Gasteiger partial charge in [0.1, 0.15) is 0 Å². The predicted molar refractivity (Wildman–Crippen MR) is 48.1 cm³/mol. The van der Waals surface area contributed by atoms with E-state index in [0.717, 1.165) is 19.6 Å². The van der Waals surface area contributed by atoms with E-state index in [-0.39, 0.29) is 6.10 Å². The number of ether oxygens (including phenoxy) is 1. The fourth-order valence-corrected chi connectivity index (χ4v) is 1.28. The number of nitrogens with one attached hydrogen (secondary N) is 1. The highest BCUT2D eigenvalue weighted by molar-refractivity contribution is 4.74. The SMILES string of the molecule is CC(C)CC(O)CNC1COC1. The van der Waals surface area contributed by atoms with Crippen molar-refractivity contribution in [3.05, 3.63) is 0 Å². The van der Waals surface area contributed by atoms with Crippen LogP contribution in [-0.2, 0) is 4.74 Å². The van der Waals surface area contributed by atoms with Gasteiger partial charge in [-0.05, 0) is 12.3 Å². The van der Waals surface area contributed by atoms with Crippen LogP contribution in [0.4, 0.5) is 0 Å². The van der Waals surface area contributed by atoms with Crippen molar-refractivity contribution in [1.82, 2.24) is 5.32 Å². The van der Waals surface area contributed by atoms with Crippen LogP contribution in [0, 0.1) is 5.92 Å². The minimum atomic E-state index is -0.203. The Bertz CT molecular complexity index is 124. The third kappa shape index (κ3) is 3.52. The first-order valence-electron chi connectivity index (χ1n) is 4.67. The fraction of sp³-hybridized carbons (Fsp3) is 1.00. The zero-order chi connectivity index (χ0) is 8.97. The first kappa shape index (κ1) is 9.96. The van der Waals surface area contributed by atoms with Gasteiger partial charge in [0.25, 0.3) is 0 Å². The number of aliphatic hydroxyl groups is 1. The van der Waals surface area contributed by atoms with Crippen molar-refractivity contribution in [1.29, 1.82) is 0 Å². The summed E-state index contributed by atoms with van der Waals surface area (Å²) in [4.78, 5) is 0. The monoisotopic (exact) mass is 173 g/mol. The van der Waals surface area contributed by atoms with E-state index in [9.17, 15) is 5.11 Å². The van der Waals surface area contributed by atoms with E-state index < -0.39 is 0 Å². The average molecular weight is 173 g/mol. The molecule has 1 aliphatic heterocycles. The van der Waals surface area contributed by atoms with Gasteiger partial charge in [0.15, 0.2) is 0 Å². The highest BCUT2D eigenvalue weighted by atomic mass is 16.5. The largest absolute Gasteiger partial charge is 0.392 e. The molecule has 3 heteroatoms. The third-order valence-electron chi connectivity index (χ3n) is 2.02. The van der Waals surface area contributed by atoms with Crippen molar-refractivity contribution >= 4 is 0 Å². The Labute approximate surface area is 74.1 Å². The molecule has 1 aliphatic rings. The molecule has 0 amide bonds. The average Bonchev–Trinajstić information content (AvgIpc) is 1.81. The first-order valence-corrected chi connectivity index (χ1v) is 4.67. The lowest BCUT2D eigenvalue weighted by Gasteiger charge is -2.28. The van der Waals surface area contributed by atoms with Crippen molar-refractivity contribution in [3.63, 3.8) is 0 Å². The van der Waals surface area contributed by atoms with Gasteiger partial charge in [-0.25, -0.2) is 0 Å². The molecular formula is C9H19NO2. The van der Waals surface area contributed by atoms with E-state index >= 15 is 0 Å². The van der Waals surface area contributed by atoms with Crippen molar-refractivity contribution in [2.75, 3.05) is 19.8 Å². The summed E-state index contributed by atoms with van der Waals surface area (Å²) in [7, 11) is 0. The van der Waals surface area contributed by atoms with E-state index in [1.54, 1.807) is 0 Å². The maximum absolute atomic E-state index is 9.48. The minimum Gasteiger partial charge on any atom is -0.392 e. The molecule has 0 saturated carbocycles. The summed E-state index contributed by atoms with van der Waals surface area (Å²) >= 11 is 0. The van der Waals surface area contributed by atoms with Gasteiger partial charge in [-0.3, -0.25) is 0 Å². The molecule has 1 rings (SSSR count). The molecule has 1 saturated heterocycles. The molecule has 0 aliphatic carbocycles. The number of hydrogen-bond acceptors (Lipinski definition) is 3. The second kappa shape index (κ2) is 4.80. The lowest BCUT2D eigenvalue weighted by atomic mass is 10.1. The van der Waals surface area contributed by atoms with Crippen LogP contribution in [-0.4, -0.2) is 37.0 Å². The number of aliphatic hydroxyl groups excluding tert-OH is 1. The third-order valence-corrected chi connectivity index (χ3v) is 2.02. The number of hydrogen-bond donors (Lipinski definition) is 2. The molecular weight excluding hydrogens is 154 g/mol. The maximum atomic E-state index is 9.48. The normalized spacial score (nSPS) is 21.0. The molecule has 12 heavy (non-hydrogen) atoms. The van der Waals surface area contributed by atoms with Crippen molar-refractivity contribution < 1.29 is 9.84 Å². The molecule has 0 bridgehead atoms. The van der Waals surface area contributed by atoms with E-state index in [2.05, 4.69) is 19.2 Å². The van der Waals surface area contributed by atoms with E-state index in [1.165, 1.54) is 0 Å². The molecule has 0 aromatic carbocycles. The Morgan fingerprint density at radius 2 is 2.17 bits per heavy atom. The molecule has 2 N–H and O–H groups in total. The van der Waals surface area contributed by atoms with Gasteiger partial charge in [-0.2, -0.15) is 0 Å². The number of rotatable bonds is 5. The van der Waals surface area contributed by atoms with E-state index in [4.69, 9.17) is 4.74 Å². The first-order chi connectivity index (χ1) is 5.68. The maximum Gasteiger partial charge on any atom is 0.0667 e. The van der Waals surface area contributed by atoms with Crippen LogP contribution in [0.1, 0.15) is 20.3 Å². The Hall–Kier alpha value is -0.120. The van der Waals surface area contributed by atoms with Gasteiger partial charge < -0.3 is 15.2 Å². The quantitative estimate of drug-likeness (QED) is 0.631. The fourth-order valence-electron chi connectivity index (χ4n) is 1.28. The van der Waals surface area contributed by atoms with Gasteiger partial charge in [0.05, 0.1) is 25.4 Å². The summed E-state index contributed by atoms with van der Waals surface area (Å²) in [6, 6.07) is 0.479. The second-order valence-corrected chi connectivity index (χ2v) is 3.93. The lowest BCUT2D eigenvalue weighted by Crippen LogP contribution is -2.48. The standard InChI is InChI=1S/C9H19NO2/c1-7(2)3-9(11)4-10-8-5-12-6-8/h7-11H,3-6H2,1-2H3. The van der Waals surface area contributed by atoms with Crippen LogP contribution in [0.25, 0.3) is 0 Å². The molecule has 72 valence electrons. The molecule has 0 aromatic heterocycles. The zero-order valence-corrected chi connectivity index (χ0v) is 7.92. The van der Waals surface area contributed by atoms with Crippen LogP contribution >= 0.6 is 0 Å². The Kier molecular flexibility index (Phi) is 3.98. The molecule has 0 aromatic rings. The smallest absolute Gasteiger partial charge is 0.0667 e. The Balaban J connectivity index is 1.97. The second-order valence-electron chi connectivity index (χ2n) is 3.93.